The van der Waals surface area contributed by atoms with Crippen molar-refractivity contribution in [2.75, 3.05) is 0 Å². The van der Waals surface area contributed by atoms with E-state index in [1.165, 1.54) is 0 Å². The molecule has 1 atom stereocenters. The van der Waals surface area contributed by atoms with E-state index in [-0.39, 0.29) is 12.0 Å². The Kier molecular flexibility index (Phi) is 3.57. The van der Waals surface area contributed by atoms with Gasteiger partial charge in [-0.05, 0) is 43.0 Å². The van der Waals surface area contributed by atoms with Crippen molar-refractivity contribution in [3.63, 3.8) is 0 Å². The molecule has 0 aliphatic rings. The summed E-state index contributed by atoms with van der Waals surface area (Å²) in [4.78, 5) is 4.33. The van der Waals surface area contributed by atoms with Crippen molar-refractivity contribution in [2.45, 2.75) is 33.7 Å². The molecule has 1 unspecified atom stereocenters. The van der Waals surface area contributed by atoms with E-state index in [0.29, 0.717) is 17.5 Å². The normalized spacial score (nSPS) is 12.9. The fourth-order valence-electron chi connectivity index (χ4n) is 1.86. The highest BCUT2D eigenvalue weighted by Crippen LogP contribution is 2.28. The van der Waals surface area contributed by atoms with Crippen LogP contribution in [0.5, 0.6) is 5.75 Å². The van der Waals surface area contributed by atoms with Gasteiger partial charge in [0.1, 0.15) is 5.75 Å². The largest absolute Gasteiger partial charge is 0.507 e. The van der Waals surface area contributed by atoms with E-state index in [4.69, 9.17) is 10.3 Å². The lowest BCUT2D eigenvalue weighted by atomic mass is 10.0. The van der Waals surface area contributed by atoms with Gasteiger partial charge in [0.25, 0.3) is 0 Å². The minimum atomic E-state index is -0.263. The summed E-state index contributed by atoms with van der Waals surface area (Å²) in [6.07, 6.45) is 0. The van der Waals surface area contributed by atoms with Gasteiger partial charge >= 0.3 is 0 Å². The topological polar surface area (TPSA) is 85.2 Å². The number of phenolic OH excluding ortho intramolecular Hbond substituents is 1. The zero-order valence-corrected chi connectivity index (χ0v) is 11.6. The van der Waals surface area contributed by atoms with Crippen molar-refractivity contribution in [3.05, 3.63) is 29.2 Å². The summed E-state index contributed by atoms with van der Waals surface area (Å²) in [5, 5.41) is 13.7. The van der Waals surface area contributed by atoms with E-state index in [0.717, 1.165) is 16.7 Å². The molecule has 3 N–H and O–H groups in total. The Balaban J connectivity index is 2.38. The van der Waals surface area contributed by atoms with Crippen LogP contribution >= 0.6 is 0 Å². The maximum atomic E-state index is 9.76. The molecule has 5 heteroatoms. The Morgan fingerprint density at radius 1 is 1.21 bits per heavy atom. The number of benzene rings is 1. The number of nitrogens with zero attached hydrogens (tertiary/aromatic N) is 2. The van der Waals surface area contributed by atoms with Gasteiger partial charge in [-0.15, -0.1) is 0 Å². The maximum Gasteiger partial charge on any atom is 0.244 e. The van der Waals surface area contributed by atoms with Crippen molar-refractivity contribution in [1.82, 2.24) is 10.1 Å². The van der Waals surface area contributed by atoms with Crippen molar-refractivity contribution in [3.8, 4) is 17.1 Å². The average molecular weight is 261 g/mol. The average Bonchev–Trinajstić information content (AvgIpc) is 2.83. The number of nitrogens with two attached hydrogens (primary N) is 1. The van der Waals surface area contributed by atoms with Crippen LogP contribution in [0.1, 0.15) is 36.9 Å². The number of phenols is 1. The standard InChI is InChI=1S/C14H19N3O2/c1-7(2)11(15)14-16-13(17-19-14)10-5-8(3)12(18)9(4)6-10/h5-7,11,18H,15H2,1-4H3. The first-order valence-electron chi connectivity index (χ1n) is 6.30. The predicted molar refractivity (Wildman–Crippen MR) is 72.6 cm³/mol. The fraction of sp³-hybridized carbons (Fsp3) is 0.429. The van der Waals surface area contributed by atoms with Gasteiger partial charge in [-0.25, -0.2) is 0 Å². The Labute approximate surface area is 112 Å². The van der Waals surface area contributed by atoms with Crippen molar-refractivity contribution in [1.29, 1.82) is 0 Å². The lowest BCUT2D eigenvalue weighted by Gasteiger charge is -2.09. The van der Waals surface area contributed by atoms with E-state index in [1.807, 2.05) is 39.8 Å². The van der Waals surface area contributed by atoms with Gasteiger partial charge in [0.15, 0.2) is 0 Å². The minimum Gasteiger partial charge on any atom is -0.507 e. The molecule has 0 fully saturated rings. The molecule has 1 heterocycles. The molecule has 1 aromatic heterocycles. The first kappa shape index (κ1) is 13.5. The summed E-state index contributed by atoms with van der Waals surface area (Å²) in [5.41, 5.74) is 8.37. The smallest absolute Gasteiger partial charge is 0.244 e. The molecule has 0 aliphatic heterocycles. The third kappa shape index (κ3) is 2.61. The molecule has 1 aromatic carbocycles. The minimum absolute atomic E-state index is 0.233. The van der Waals surface area contributed by atoms with Crippen LogP contribution in [-0.2, 0) is 0 Å². The Hall–Kier alpha value is -1.88. The highest BCUT2D eigenvalue weighted by atomic mass is 16.5. The lowest BCUT2D eigenvalue weighted by Crippen LogP contribution is -2.16. The second-order valence-electron chi connectivity index (χ2n) is 5.18. The third-order valence-corrected chi connectivity index (χ3v) is 3.19. The van der Waals surface area contributed by atoms with Gasteiger partial charge < -0.3 is 15.4 Å². The highest BCUT2D eigenvalue weighted by Gasteiger charge is 2.19. The van der Waals surface area contributed by atoms with Crippen molar-refractivity contribution < 1.29 is 9.63 Å². The molecule has 0 saturated heterocycles. The molecule has 0 aliphatic carbocycles. The third-order valence-electron chi connectivity index (χ3n) is 3.19. The molecule has 19 heavy (non-hydrogen) atoms. The molecule has 0 amide bonds. The van der Waals surface area contributed by atoms with E-state index in [1.54, 1.807) is 0 Å². The van der Waals surface area contributed by atoms with E-state index in [9.17, 15) is 5.11 Å². The van der Waals surface area contributed by atoms with Gasteiger partial charge in [0, 0.05) is 5.56 Å². The van der Waals surface area contributed by atoms with Gasteiger partial charge in [-0.2, -0.15) is 4.98 Å². The summed E-state index contributed by atoms with van der Waals surface area (Å²) in [7, 11) is 0. The summed E-state index contributed by atoms with van der Waals surface area (Å²) < 4.78 is 5.20. The van der Waals surface area contributed by atoms with E-state index >= 15 is 0 Å². The molecule has 0 saturated carbocycles. The molecule has 0 bridgehead atoms. The number of aromatic nitrogens is 2. The summed E-state index contributed by atoms with van der Waals surface area (Å²) in [6.45, 7) is 7.69. The number of aryl methyl sites for hydroxylation is 2. The van der Waals surface area contributed by atoms with Crippen molar-refractivity contribution in [2.24, 2.45) is 11.7 Å². The monoisotopic (exact) mass is 261 g/mol. The number of rotatable bonds is 3. The van der Waals surface area contributed by atoms with Crippen LogP contribution in [0.3, 0.4) is 0 Å². The fourth-order valence-corrected chi connectivity index (χ4v) is 1.86. The van der Waals surface area contributed by atoms with E-state index < -0.39 is 0 Å². The van der Waals surface area contributed by atoms with E-state index in [2.05, 4.69) is 10.1 Å². The van der Waals surface area contributed by atoms with Crippen molar-refractivity contribution >= 4 is 0 Å². The van der Waals surface area contributed by atoms with Crippen LogP contribution in [0.25, 0.3) is 11.4 Å². The second-order valence-corrected chi connectivity index (χ2v) is 5.18. The quantitative estimate of drug-likeness (QED) is 0.887. The highest BCUT2D eigenvalue weighted by molar-refractivity contribution is 5.60. The molecular weight excluding hydrogens is 242 g/mol. The molecule has 0 spiro atoms. The molecular formula is C14H19N3O2. The predicted octanol–water partition coefficient (Wildman–Crippen LogP) is 2.71. The van der Waals surface area contributed by atoms with Crippen LogP contribution in [-0.4, -0.2) is 15.2 Å². The molecule has 5 nitrogen and oxygen atoms in total. The summed E-state index contributed by atoms with van der Waals surface area (Å²) in [6, 6.07) is 3.40. The first-order valence-corrected chi connectivity index (χ1v) is 6.30. The Morgan fingerprint density at radius 3 is 2.32 bits per heavy atom. The number of hydrogen-bond acceptors (Lipinski definition) is 5. The molecule has 0 radical (unpaired) electrons. The van der Waals surface area contributed by atoms with Crippen LogP contribution in [0.2, 0.25) is 0 Å². The van der Waals surface area contributed by atoms with Crippen LogP contribution in [0.4, 0.5) is 0 Å². The lowest BCUT2D eigenvalue weighted by molar-refractivity contribution is 0.325. The second kappa shape index (κ2) is 5.01. The zero-order valence-electron chi connectivity index (χ0n) is 11.6. The van der Waals surface area contributed by atoms with Crippen LogP contribution < -0.4 is 5.73 Å². The zero-order chi connectivity index (χ0) is 14.2. The first-order chi connectivity index (χ1) is 8.90. The summed E-state index contributed by atoms with van der Waals surface area (Å²) in [5.74, 6) is 1.47. The molecule has 2 aromatic rings. The SMILES string of the molecule is Cc1cc(-c2noc(C(N)C(C)C)n2)cc(C)c1O. The number of aromatic hydroxyl groups is 1. The van der Waals surface area contributed by atoms with Crippen LogP contribution in [0, 0.1) is 19.8 Å². The van der Waals surface area contributed by atoms with Gasteiger partial charge in [0.2, 0.25) is 11.7 Å². The maximum absolute atomic E-state index is 9.76. The van der Waals surface area contributed by atoms with Gasteiger partial charge in [-0.1, -0.05) is 19.0 Å². The number of hydrogen-bond donors (Lipinski definition) is 2. The van der Waals surface area contributed by atoms with Gasteiger partial charge in [-0.3, -0.25) is 0 Å². The molecule has 2 rings (SSSR count). The summed E-state index contributed by atoms with van der Waals surface area (Å²) >= 11 is 0. The molecule has 102 valence electrons. The Morgan fingerprint density at radius 2 is 1.79 bits per heavy atom. The van der Waals surface area contributed by atoms with Gasteiger partial charge in [0.05, 0.1) is 6.04 Å². The Bertz CT molecular complexity index is 567. The van der Waals surface area contributed by atoms with Crippen LogP contribution in [0.15, 0.2) is 16.7 Å².